The van der Waals surface area contributed by atoms with Crippen LogP contribution in [-0.2, 0) is 19.6 Å². The number of nitrogens with zero attached hydrogens (tertiary/aromatic N) is 1. The number of likely N-dealkylation sites (N-methyl/N-ethyl adjacent to an activating group) is 1. The molecule has 0 spiro atoms. The van der Waals surface area contributed by atoms with E-state index in [0.717, 1.165) is 35.5 Å². The number of rotatable bonds is 6. The van der Waals surface area contributed by atoms with Crippen LogP contribution < -0.4 is 15.8 Å². The van der Waals surface area contributed by atoms with Gasteiger partial charge in [0.25, 0.3) is 11.8 Å². The van der Waals surface area contributed by atoms with Crippen LogP contribution in [0, 0.1) is 0 Å². The Morgan fingerprint density at radius 2 is 1.87 bits per heavy atom. The lowest BCUT2D eigenvalue weighted by Gasteiger charge is -2.22. The van der Waals surface area contributed by atoms with E-state index >= 15 is 0 Å². The summed E-state index contributed by atoms with van der Waals surface area (Å²) >= 11 is 1.43. The van der Waals surface area contributed by atoms with Gasteiger partial charge in [0.2, 0.25) is 0 Å². The first-order valence-electron chi connectivity index (χ1n) is 9.72. The predicted molar refractivity (Wildman–Crippen MR) is 118 cm³/mol. The Balaban J connectivity index is 1.46. The number of amides is 2. The van der Waals surface area contributed by atoms with Gasteiger partial charge in [0.1, 0.15) is 17.4 Å². The van der Waals surface area contributed by atoms with Gasteiger partial charge in [-0.2, -0.15) is 0 Å². The van der Waals surface area contributed by atoms with E-state index in [2.05, 4.69) is 10.2 Å². The lowest BCUT2D eigenvalue weighted by molar-refractivity contribution is 0.1000. The maximum atomic E-state index is 12.7. The number of primary amides is 1. The number of benzene rings is 2. The molecule has 7 heteroatoms. The van der Waals surface area contributed by atoms with Crippen molar-refractivity contribution in [3.8, 4) is 5.75 Å². The smallest absolute Gasteiger partial charge is 0.256 e. The average molecular weight is 422 g/mol. The Bertz CT molecular complexity index is 1060. The van der Waals surface area contributed by atoms with Crippen LogP contribution in [0.15, 0.2) is 54.6 Å². The highest BCUT2D eigenvalue weighted by Crippen LogP contribution is 2.36. The van der Waals surface area contributed by atoms with Gasteiger partial charge in [0.05, 0.1) is 5.56 Å². The lowest BCUT2D eigenvalue weighted by Crippen LogP contribution is -2.27. The van der Waals surface area contributed by atoms with Crippen molar-refractivity contribution in [2.45, 2.75) is 19.6 Å². The van der Waals surface area contributed by atoms with E-state index in [4.69, 9.17) is 10.5 Å². The van der Waals surface area contributed by atoms with Crippen LogP contribution in [0.4, 0.5) is 5.00 Å². The Kier molecular flexibility index (Phi) is 5.83. The van der Waals surface area contributed by atoms with Crippen LogP contribution >= 0.6 is 11.3 Å². The zero-order valence-corrected chi connectivity index (χ0v) is 17.5. The molecule has 0 fully saturated rings. The Morgan fingerprint density at radius 1 is 1.13 bits per heavy atom. The highest BCUT2D eigenvalue weighted by atomic mass is 32.1. The molecule has 0 atom stereocenters. The summed E-state index contributed by atoms with van der Waals surface area (Å²) < 4.78 is 5.77. The molecule has 0 aliphatic carbocycles. The van der Waals surface area contributed by atoms with Gasteiger partial charge in [0.15, 0.2) is 0 Å². The SMILES string of the molecule is CN1CCc2c(sc(NC(=O)c3ccc(OCc4ccccc4)cc3)c2C(N)=O)C1. The second-order valence-corrected chi connectivity index (χ2v) is 8.42. The number of fused-ring (bicyclic) bond motifs is 1. The molecular formula is C23H23N3O3S. The van der Waals surface area contributed by atoms with Gasteiger partial charge in [0, 0.05) is 23.5 Å². The number of hydrogen-bond donors (Lipinski definition) is 2. The fraction of sp³-hybridized carbons (Fsp3) is 0.217. The van der Waals surface area contributed by atoms with Gasteiger partial charge in [-0.1, -0.05) is 30.3 Å². The van der Waals surface area contributed by atoms with Crippen LogP contribution in [-0.4, -0.2) is 30.3 Å². The number of ether oxygens (including phenoxy) is 1. The molecule has 154 valence electrons. The second kappa shape index (κ2) is 8.69. The summed E-state index contributed by atoms with van der Waals surface area (Å²) in [4.78, 5) is 28.0. The first kappa shape index (κ1) is 20.1. The molecule has 3 N–H and O–H groups in total. The minimum absolute atomic E-state index is 0.279. The zero-order valence-electron chi connectivity index (χ0n) is 16.7. The van der Waals surface area contributed by atoms with Crippen molar-refractivity contribution in [1.29, 1.82) is 0 Å². The van der Waals surface area contributed by atoms with Crippen LogP contribution in [0.25, 0.3) is 0 Å². The van der Waals surface area contributed by atoms with E-state index in [-0.39, 0.29) is 5.91 Å². The summed E-state index contributed by atoms with van der Waals surface area (Å²) in [5.41, 5.74) is 8.59. The summed E-state index contributed by atoms with van der Waals surface area (Å²) in [6.07, 6.45) is 0.754. The minimum Gasteiger partial charge on any atom is -0.489 e. The predicted octanol–water partition coefficient (Wildman–Crippen LogP) is 3.67. The van der Waals surface area contributed by atoms with Crippen molar-refractivity contribution in [3.63, 3.8) is 0 Å². The second-order valence-electron chi connectivity index (χ2n) is 7.31. The summed E-state index contributed by atoms with van der Waals surface area (Å²) in [5.74, 6) is -0.0982. The van der Waals surface area contributed by atoms with Crippen molar-refractivity contribution in [2.24, 2.45) is 5.73 Å². The maximum Gasteiger partial charge on any atom is 0.256 e. The number of nitrogens with two attached hydrogens (primary N) is 1. The third-order valence-corrected chi connectivity index (χ3v) is 6.22. The average Bonchev–Trinajstić information content (AvgIpc) is 3.10. The summed E-state index contributed by atoms with van der Waals surface area (Å²) in [6.45, 7) is 2.08. The molecule has 2 aromatic carbocycles. The summed E-state index contributed by atoms with van der Waals surface area (Å²) in [7, 11) is 2.03. The standard InChI is InChI=1S/C23H23N3O3S/c1-26-12-11-18-19(13-26)30-23(20(18)21(24)27)25-22(28)16-7-9-17(10-8-16)29-14-15-5-3-2-4-6-15/h2-10H,11-14H2,1H3,(H2,24,27)(H,25,28). The van der Waals surface area contributed by atoms with Gasteiger partial charge in [-0.25, -0.2) is 0 Å². The third kappa shape index (κ3) is 4.37. The third-order valence-electron chi connectivity index (χ3n) is 5.09. The van der Waals surface area contributed by atoms with Gasteiger partial charge in [-0.3, -0.25) is 9.59 Å². The Hall–Kier alpha value is -3.16. The number of hydrogen-bond acceptors (Lipinski definition) is 5. The van der Waals surface area contributed by atoms with E-state index in [1.165, 1.54) is 11.3 Å². The normalized spacial score (nSPS) is 13.5. The van der Waals surface area contributed by atoms with E-state index in [9.17, 15) is 9.59 Å². The molecule has 0 radical (unpaired) electrons. The van der Waals surface area contributed by atoms with Crippen LogP contribution in [0.5, 0.6) is 5.75 Å². The van der Waals surface area contributed by atoms with Gasteiger partial charge in [-0.15, -0.1) is 11.3 Å². The number of carbonyl (C=O) groups excluding carboxylic acids is 2. The molecule has 0 saturated carbocycles. The molecule has 4 rings (SSSR count). The van der Waals surface area contributed by atoms with Crippen molar-refractivity contribution in [1.82, 2.24) is 4.90 Å². The van der Waals surface area contributed by atoms with Crippen LogP contribution in [0.2, 0.25) is 0 Å². The van der Waals surface area contributed by atoms with E-state index in [1.54, 1.807) is 24.3 Å². The molecule has 1 aliphatic heterocycles. The maximum absolute atomic E-state index is 12.7. The van der Waals surface area contributed by atoms with Crippen LogP contribution in [0.3, 0.4) is 0 Å². The highest BCUT2D eigenvalue weighted by molar-refractivity contribution is 7.17. The van der Waals surface area contributed by atoms with Crippen molar-refractivity contribution >= 4 is 28.2 Å². The number of carbonyl (C=O) groups is 2. The number of thiophene rings is 1. The molecule has 2 amide bonds. The summed E-state index contributed by atoms with van der Waals surface area (Å²) in [6, 6.07) is 16.8. The monoisotopic (exact) mass is 421 g/mol. The molecule has 2 heterocycles. The fourth-order valence-electron chi connectivity index (χ4n) is 3.50. The van der Waals surface area contributed by atoms with E-state index in [0.29, 0.717) is 28.5 Å². The molecule has 30 heavy (non-hydrogen) atoms. The van der Waals surface area contributed by atoms with Gasteiger partial charge in [-0.05, 0) is 48.9 Å². The Morgan fingerprint density at radius 3 is 2.57 bits per heavy atom. The number of nitrogens with one attached hydrogen (secondary N) is 1. The first-order chi connectivity index (χ1) is 14.5. The lowest BCUT2D eigenvalue weighted by atomic mass is 10.0. The quantitative estimate of drug-likeness (QED) is 0.636. The first-order valence-corrected chi connectivity index (χ1v) is 10.5. The topological polar surface area (TPSA) is 84.7 Å². The molecule has 1 aliphatic rings. The molecule has 3 aromatic rings. The molecule has 0 bridgehead atoms. The summed E-state index contributed by atoms with van der Waals surface area (Å²) in [5, 5.41) is 3.40. The van der Waals surface area contributed by atoms with Gasteiger partial charge < -0.3 is 20.7 Å². The van der Waals surface area contributed by atoms with Crippen LogP contribution in [0.1, 0.15) is 36.7 Å². The fourth-order valence-corrected chi connectivity index (χ4v) is 4.83. The Labute approximate surface area is 179 Å². The molecule has 0 saturated heterocycles. The van der Waals surface area contributed by atoms with Gasteiger partial charge >= 0.3 is 0 Å². The largest absolute Gasteiger partial charge is 0.489 e. The zero-order chi connectivity index (χ0) is 21.1. The minimum atomic E-state index is -0.503. The van der Waals surface area contributed by atoms with Crippen molar-refractivity contribution in [3.05, 3.63) is 81.7 Å². The van der Waals surface area contributed by atoms with E-state index in [1.807, 2.05) is 37.4 Å². The molecule has 1 aromatic heterocycles. The van der Waals surface area contributed by atoms with E-state index < -0.39 is 5.91 Å². The molecule has 6 nitrogen and oxygen atoms in total. The number of anilines is 1. The molecule has 0 unspecified atom stereocenters. The van der Waals surface area contributed by atoms with Crippen molar-refractivity contribution < 1.29 is 14.3 Å². The highest BCUT2D eigenvalue weighted by Gasteiger charge is 2.26. The van der Waals surface area contributed by atoms with Crippen molar-refractivity contribution in [2.75, 3.05) is 18.9 Å². The molecular weight excluding hydrogens is 398 g/mol.